The molecule has 1 aromatic carbocycles. The van der Waals surface area contributed by atoms with Crippen molar-refractivity contribution in [3.05, 3.63) is 23.8 Å². The number of aryl methyl sites for hydroxylation is 1. The molecule has 1 fully saturated rings. The molecule has 1 heterocycles. The average Bonchev–Trinajstić information content (AvgIpc) is 2.40. The van der Waals surface area contributed by atoms with Crippen LogP contribution in [0.25, 0.3) is 0 Å². The van der Waals surface area contributed by atoms with E-state index in [-0.39, 0.29) is 5.91 Å². The van der Waals surface area contributed by atoms with E-state index in [0.29, 0.717) is 6.42 Å². The molecular weight excluding hydrogens is 240 g/mol. The van der Waals surface area contributed by atoms with Crippen molar-refractivity contribution in [2.45, 2.75) is 26.7 Å². The van der Waals surface area contributed by atoms with Crippen molar-refractivity contribution >= 4 is 17.3 Å². The number of nitrogens with zero attached hydrogens (tertiary/aromatic N) is 1. The molecule has 4 nitrogen and oxygen atoms in total. The molecule has 0 radical (unpaired) electrons. The standard InChI is InChI=1S/C15H22N2O2/c1-3-4-15(18)16-13-5-6-14(12(2)11-13)17-7-9-19-10-8-17/h5-6,11H,3-4,7-10H2,1-2H3,(H,16,18). The molecule has 1 aliphatic rings. The maximum absolute atomic E-state index is 11.6. The van der Waals surface area contributed by atoms with E-state index < -0.39 is 0 Å². The Morgan fingerprint density at radius 3 is 2.74 bits per heavy atom. The summed E-state index contributed by atoms with van der Waals surface area (Å²) in [5, 5.41) is 2.93. The number of rotatable bonds is 4. The van der Waals surface area contributed by atoms with Gasteiger partial charge in [-0.05, 0) is 37.1 Å². The van der Waals surface area contributed by atoms with E-state index in [4.69, 9.17) is 4.74 Å². The van der Waals surface area contributed by atoms with E-state index in [1.54, 1.807) is 0 Å². The molecule has 104 valence electrons. The molecule has 1 N–H and O–H groups in total. The third kappa shape index (κ3) is 3.70. The fraction of sp³-hybridized carbons (Fsp3) is 0.533. The fourth-order valence-corrected chi connectivity index (χ4v) is 2.34. The van der Waals surface area contributed by atoms with Crippen LogP contribution in [0, 0.1) is 6.92 Å². The summed E-state index contributed by atoms with van der Waals surface area (Å²) in [6, 6.07) is 6.10. The third-order valence-corrected chi connectivity index (χ3v) is 3.31. The number of anilines is 2. The Kier molecular flexibility index (Phi) is 4.80. The van der Waals surface area contributed by atoms with Gasteiger partial charge >= 0.3 is 0 Å². The molecule has 1 amide bonds. The van der Waals surface area contributed by atoms with Crippen LogP contribution >= 0.6 is 0 Å². The van der Waals surface area contributed by atoms with Crippen molar-refractivity contribution in [3.8, 4) is 0 Å². The van der Waals surface area contributed by atoms with Crippen LogP contribution in [0.1, 0.15) is 25.3 Å². The fourth-order valence-electron chi connectivity index (χ4n) is 2.34. The molecule has 1 aliphatic heterocycles. The average molecular weight is 262 g/mol. The highest BCUT2D eigenvalue weighted by Gasteiger charge is 2.13. The number of nitrogens with one attached hydrogen (secondary N) is 1. The topological polar surface area (TPSA) is 41.6 Å². The Morgan fingerprint density at radius 2 is 2.11 bits per heavy atom. The number of hydrogen-bond donors (Lipinski definition) is 1. The van der Waals surface area contributed by atoms with Crippen LogP contribution in [-0.4, -0.2) is 32.2 Å². The zero-order valence-electron chi connectivity index (χ0n) is 11.7. The minimum atomic E-state index is 0.0843. The lowest BCUT2D eigenvalue weighted by atomic mass is 10.1. The van der Waals surface area contributed by atoms with Crippen molar-refractivity contribution in [1.82, 2.24) is 0 Å². The Hall–Kier alpha value is -1.55. The lowest BCUT2D eigenvalue weighted by Gasteiger charge is -2.30. The van der Waals surface area contributed by atoms with Crippen molar-refractivity contribution in [3.63, 3.8) is 0 Å². The number of carbonyl (C=O) groups excluding carboxylic acids is 1. The second-order valence-electron chi connectivity index (χ2n) is 4.90. The van der Waals surface area contributed by atoms with Crippen LogP contribution in [-0.2, 0) is 9.53 Å². The van der Waals surface area contributed by atoms with Crippen LogP contribution in [0.4, 0.5) is 11.4 Å². The summed E-state index contributed by atoms with van der Waals surface area (Å²) in [6.07, 6.45) is 1.45. The van der Waals surface area contributed by atoms with Crippen molar-refractivity contribution in [1.29, 1.82) is 0 Å². The van der Waals surface area contributed by atoms with Gasteiger partial charge in [-0.1, -0.05) is 6.92 Å². The number of carbonyl (C=O) groups is 1. The normalized spacial score (nSPS) is 15.4. The van der Waals surface area contributed by atoms with Gasteiger partial charge in [-0.25, -0.2) is 0 Å². The number of ether oxygens (including phenoxy) is 1. The largest absolute Gasteiger partial charge is 0.378 e. The molecule has 0 bridgehead atoms. The second kappa shape index (κ2) is 6.57. The second-order valence-corrected chi connectivity index (χ2v) is 4.90. The minimum Gasteiger partial charge on any atom is -0.378 e. The predicted molar refractivity (Wildman–Crippen MR) is 77.7 cm³/mol. The van der Waals surface area contributed by atoms with Gasteiger partial charge in [-0.15, -0.1) is 0 Å². The first-order valence-electron chi connectivity index (χ1n) is 6.94. The zero-order chi connectivity index (χ0) is 13.7. The van der Waals surface area contributed by atoms with Gasteiger partial charge in [0.2, 0.25) is 5.91 Å². The van der Waals surface area contributed by atoms with E-state index in [9.17, 15) is 4.79 Å². The molecule has 0 unspecified atom stereocenters. The highest BCUT2D eigenvalue weighted by Crippen LogP contribution is 2.24. The van der Waals surface area contributed by atoms with Crippen molar-refractivity contribution in [2.24, 2.45) is 0 Å². The van der Waals surface area contributed by atoms with Crippen LogP contribution < -0.4 is 10.2 Å². The smallest absolute Gasteiger partial charge is 0.224 e. The molecular formula is C15H22N2O2. The lowest BCUT2D eigenvalue weighted by molar-refractivity contribution is -0.116. The van der Waals surface area contributed by atoms with Gasteiger partial charge in [0.05, 0.1) is 13.2 Å². The summed E-state index contributed by atoms with van der Waals surface area (Å²) in [5.41, 5.74) is 3.31. The summed E-state index contributed by atoms with van der Waals surface area (Å²) in [4.78, 5) is 13.9. The first kappa shape index (κ1) is 13.9. The van der Waals surface area contributed by atoms with Gasteiger partial charge in [-0.3, -0.25) is 4.79 Å². The lowest BCUT2D eigenvalue weighted by Crippen LogP contribution is -2.36. The van der Waals surface area contributed by atoms with Crippen LogP contribution in [0.2, 0.25) is 0 Å². The molecule has 0 atom stereocenters. The molecule has 2 rings (SSSR count). The van der Waals surface area contributed by atoms with Crippen LogP contribution in [0.5, 0.6) is 0 Å². The van der Waals surface area contributed by atoms with E-state index in [2.05, 4.69) is 23.2 Å². The molecule has 1 saturated heterocycles. The van der Waals surface area contributed by atoms with Gasteiger partial charge in [0.15, 0.2) is 0 Å². The molecule has 0 saturated carbocycles. The summed E-state index contributed by atoms with van der Waals surface area (Å²) < 4.78 is 5.37. The Bertz CT molecular complexity index is 440. The van der Waals surface area contributed by atoms with Gasteiger partial charge in [-0.2, -0.15) is 0 Å². The summed E-state index contributed by atoms with van der Waals surface area (Å²) >= 11 is 0. The van der Waals surface area contributed by atoms with Crippen molar-refractivity contribution in [2.75, 3.05) is 36.5 Å². The monoisotopic (exact) mass is 262 g/mol. The minimum absolute atomic E-state index is 0.0843. The first-order chi connectivity index (χ1) is 9.20. The third-order valence-electron chi connectivity index (χ3n) is 3.31. The summed E-state index contributed by atoms with van der Waals surface area (Å²) in [5.74, 6) is 0.0843. The van der Waals surface area contributed by atoms with Gasteiger partial charge in [0.25, 0.3) is 0 Å². The Labute approximate surface area is 114 Å². The maximum Gasteiger partial charge on any atom is 0.224 e. The molecule has 0 aliphatic carbocycles. The first-order valence-corrected chi connectivity index (χ1v) is 6.94. The quantitative estimate of drug-likeness (QED) is 0.906. The maximum atomic E-state index is 11.6. The highest BCUT2D eigenvalue weighted by atomic mass is 16.5. The predicted octanol–water partition coefficient (Wildman–Crippen LogP) is 2.57. The summed E-state index contributed by atoms with van der Waals surface area (Å²) in [6.45, 7) is 7.53. The molecule has 0 aromatic heterocycles. The Balaban J connectivity index is 2.06. The number of amides is 1. The van der Waals surface area contributed by atoms with Gasteiger partial charge in [0.1, 0.15) is 0 Å². The SMILES string of the molecule is CCCC(=O)Nc1ccc(N2CCOCC2)c(C)c1. The van der Waals surface area contributed by atoms with E-state index in [1.165, 1.54) is 11.3 Å². The Morgan fingerprint density at radius 1 is 1.37 bits per heavy atom. The number of hydrogen-bond acceptors (Lipinski definition) is 3. The molecule has 0 spiro atoms. The van der Waals surface area contributed by atoms with E-state index in [0.717, 1.165) is 38.4 Å². The van der Waals surface area contributed by atoms with Crippen molar-refractivity contribution < 1.29 is 9.53 Å². The zero-order valence-corrected chi connectivity index (χ0v) is 11.7. The number of morpholine rings is 1. The van der Waals surface area contributed by atoms with E-state index >= 15 is 0 Å². The highest BCUT2D eigenvalue weighted by molar-refractivity contribution is 5.91. The van der Waals surface area contributed by atoms with Crippen LogP contribution in [0.3, 0.4) is 0 Å². The van der Waals surface area contributed by atoms with Gasteiger partial charge in [0, 0.05) is 30.9 Å². The molecule has 1 aromatic rings. The van der Waals surface area contributed by atoms with Crippen LogP contribution in [0.15, 0.2) is 18.2 Å². The molecule has 19 heavy (non-hydrogen) atoms. The van der Waals surface area contributed by atoms with E-state index in [1.807, 2.05) is 19.1 Å². The summed E-state index contributed by atoms with van der Waals surface area (Å²) in [7, 11) is 0. The number of benzene rings is 1. The molecule has 4 heteroatoms. The van der Waals surface area contributed by atoms with Gasteiger partial charge < -0.3 is 15.0 Å².